The van der Waals surface area contributed by atoms with Gasteiger partial charge in [-0.2, -0.15) is 9.37 Å². The highest BCUT2D eigenvalue weighted by Gasteiger charge is 2.20. The predicted octanol–water partition coefficient (Wildman–Crippen LogP) is 1.80. The van der Waals surface area contributed by atoms with Gasteiger partial charge in [-0.1, -0.05) is 17.9 Å². The molecule has 2 aromatic rings. The van der Waals surface area contributed by atoms with Crippen LogP contribution >= 0.6 is 0 Å². The maximum atomic E-state index is 13.1. The van der Waals surface area contributed by atoms with E-state index in [1.807, 2.05) is 19.0 Å². The van der Waals surface area contributed by atoms with Gasteiger partial charge in [0.2, 0.25) is 23.7 Å². The van der Waals surface area contributed by atoms with E-state index < -0.39 is 12.0 Å². The van der Waals surface area contributed by atoms with Crippen molar-refractivity contribution in [3.05, 3.63) is 48.2 Å². The summed E-state index contributed by atoms with van der Waals surface area (Å²) in [6.07, 6.45) is 7.49. The number of anilines is 3. The van der Waals surface area contributed by atoms with Gasteiger partial charge in [-0.3, -0.25) is 9.59 Å². The Balaban J connectivity index is 1.54. The molecule has 0 bridgehead atoms. The second-order valence-corrected chi connectivity index (χ2v) is 9.51. The van der Waals surface area contributed by atoms with Gasteiger partial charge in [0.1, 0.15) is 11.9 Å². The number of nitrogens with one attached hydrogen (secondary N) is 2. The topological polar surface area (TPSA) is 116 Å². The van der Waals surface area contributed by atoms with Gasteiger partial charge in [0.25, 0.3) is 0 Å². The Morgan fingerprint density at radius 3 is 2.67 bits per heavy atom. The summed E-state index contributed by atoms with van der Waals surface area (Å²) < 4.78 is 18.6. The number of ether oxygens (including phenoxy) is 1. The Morgan fingerprint density at radius 2 is 1.98 bits per heavy atom. The summed E-state index contributed by atoms with van der Waals surface area (Å²) >= 11 is 0. The summed E-state index contributed by atoms with van der Waals surface area (Å²) in [6.45, 7) is 5.32. The Labute approximate surface area is 234 Å². The molecule has 2 aromatic heterocycles. The molecule has 1 saturated heterocycles. The average Bonchev–Trinajstić information content (AvgIpc) is 2.95. The number of hydrogen-bond donors (Lipinski definition) is 2. The lowest BCUT2D eigenvalue weighted by atomic mass is 10.2. The smallest absolute Gasteiger partial charge is 0.246 e. The highest BCUT2D eigenvalue weighted by atomic mass is 19.1. The van der Waals surface area contributed by atoms with Crippen molar-refractivity contribution in [3.8, 4) is 11.8 Å². The average molecular weight is 553 g/mol. The molecule has 11 nitrogen and oxygen atoms in total. The van der Waals surface area contributed by atoms with Gasteiger partial charge in [0, 0.05) is 45.7 Å². The van der Waals surface area contributed by atoms with Crippen LogP contribution in [0.3, 0.4) is 0 Å². The molecule has 214 valence electrons. The van der Waals surface area contributed by atoms with Crippen molar-refractivity contribution in [1.29, 1.82) is 0 Å². The first kappa shape index (κ1) is 30.5. The second-order valence-electron chi connectivity index (χ2n) is 9.51. The molecule has 1 fully saturated rings. The van der Waals surface area contributed by atoms with Crippen LogP contribution in [0.5, 0.6) is 0 Å². The quantitative estimate of drug-likeness (QED) is 0.186. The van der Waals surface area contributed by atoms with Gasteiger partial charge in [-0.25, -0.2) is 9.97 Å². The number of pyridine rings is 1. The zero-order valence-corrected chi connectivity index (χ0v) is 23.5. The van der Waals surface area contributed by atoms with Crippen molar-refractivity contribution in [3.63, 3.8) is 0 Å². The van der Waals surface area contributed by atoms with Gasteiger partial charge in [0.15, 0.2) is 0 Å². The van der Waals surface area contributed by atoms with Crippen molar-refractivity contribution < 1.29 is 18.7 Å². The van der Waals surface area contributed by atoms with Crippen LogP contribution in [0, 0.1) is 17.8 Å². The number of amides is 2. The molecule has 1 atom stereocenters. The molecular formula is C28H37FN8O3. The lowest BCUT2D eigenvalue weighted by molar-refractivity contribution is -0.135. The Morgan fingerprint density at radius 1 is 1.20 bits per heavy atom. The van der Waals surface area contributed by atoms with Crippen LogP contribution in [0.25, 0.3) is 0 Å². The second kappa shape index (κ2) is 15.5. The van der Waals surface area contributed by atoms with E-state index in [2.05, 4.69) is 42.3 Å². The highest BCUT2D eigenvalue weighted by molar-refractivity contribution is 5.92. The highest BCUT2D eigenvalue weighted by Crippen LogP contribution is 2.21. The summed E-state index contributed by atoms with van der Waals surface area (Å²) in [4.78, 5) is 42.9. The van der Waals surface area contributed by atoms with Gasteiger partial charge < -0.3 is 30.1 Å². The van der Waals surface area contributed by atoms with Crippen LogP contribution in [0.2, 0.25) is 0 Å². The van der Waals surface area contributed by atoms with E-state index in [-0.39, 0.29) is 11.8 Å². The monoisotopic (exact) mass is 552 g/mol. The molecule has 2 amide bonds. The molecule has 1 aliphatic heterocycles. The van der Waals surface area contributed by atoms with Crippen molar-refractivity contribution in [2.24, 2.45) is 0 Å². The number of aromatic nitrogens is 3. The molecule has 3 heterocycles. The molecule has 12 heteroatoms. The first-order chi connectivity index (χ1) is 19.2. The lowest BCUT2D eigenvalue weighted by Crippen LogP contribution is -2.45. The van der Waals surface area contributed by atoms with E-state index in [1.54, 1.807) is 32.3 Å². The fraction of sp³-hybridized carbons (Fsp3) is 0.464. The van der Waals surface area contributed by atoms with Crippen LogP contribution in [-0.4, -0.2) is 103 Å². The standard InChI is InChI=1S/C28H37FN8O3/c1-21(36(4)25(38)10-8-14-35(2)3)27(39)30-13-7-5-6-9-22-19-32-28(33-23-11-12-24(29)31-20-23)34-26(22)37-15-17-40-18-16-37/h8,10-12,19-21H,5,7,13-18H2,1-4H3,(H,30,39)(H,32,33,34)/b10-8+/t21-/m0/s1. The fourth-order valence-electron chi connectivity index (χ4n) is 3.66. The minimum Gasteiger partial charge on any atom is -0.378 e. The van der Waals surface area contributed by atoms with Crippen molar-refractivity contribution >= 4 is 29.3 Å². The van der Waals surface area contributed by atoms with Crippen molar-refractivity contribution in [2.45, 2.75) is 25.8 Å². The van der Waals surface area contributed by atoms with E-state index in [1.165, 1.54) is 23.2 Å². The van der Waals surface area contributed by atoms with Crippen LogP contribution in [0.4, 0.5) is 21.8 Å². The number of carbonyl (C=O) groups is 2. The lowest BCUT2D eigenvalue weighted by Gasteiger charge is -2.28. The Hall–Kier alpha value is -4.08. The minimum absolute atomic E-state index is 0.215. The van der Waals surface area contributed by atoms with E-state index in [4.69, 9.17) is 4.74 Å². The van der Waals surface area contributed by atoms with Crippen LogP contribution < -0.4 is 15.5 Å². The molecule has 0 aliphatic carbocycles. The number of halogens is 1. The Kier molecular flexibility index (Phi) is 11.8. The van der Waals surface area contributed by atoms with Gasteiger partial charge >= 0.3 is 0 Å². The molecule has 40 heavy (non-hydrogen) atoms. The van der Waals surface area contributed by atoms with Gasteiger partial charge in [-0.15, -0.1) is 0 Å². The van der Waals surface area contributed by atoms with Crippen LogP contribution in [-0.2, 0) is 14.3 Å². The summed E-state index contributed by atoms with van der Waals surface area (Å²) in [5.41, 5.74) is 1.26. The fourth-order valence-corrected chi connectivity index (χ4v) is 3.66. The first-order valence-electron chi connectivity index (χ1n) is 13.2. The van der Waals surface area contributed by atoms with E-state index in [0.29, 0.717) is 75.3 Å². The number of morpholine rings is 1. The number of hydrogen-bond acceptors (Lipinski definition) is 9. The minimum atomic E-state index is -0.589. The normalized spacial score (nSPS) is 14.0. The molecule has 2 N–H and O–H groups in total. The predicted molar refractivity (Wildman–Crippen MR) is 152 cm³/mol. The third-order valence-corrected chi connectivity index (χ3v) is 6.10. The van der Waals surface area contributed by atoms with E-state index >= 15 is 0 Å². The van der Waals surface area contributed by atoms with E-state index in [0.717, 1.165) is 0 Å². The Bertz CT molecular complexity index is 1220. The molecule has 0 aromatic carbocycles. The summed E-state index contributed by atoms with van der Waals surface area (Å²) in [5.74, 6) is 6.35. The van der Waals surface area contributed by atoms with Crippen molar-refractivity contribution in [2.75, 3.05) is 70.8 Å². The maximum Gasteiger partial charge on any atom is 0.246 e. The largest absolute Gasteiger partial charge is 0.378 e. The zero-order valence-electron chi connectivity index (χ0n) is 23.5. The molecule has 3 rings (SSSR count). The number of carbonyl (C=O) groups excluding carboxylic acids is 2. The molecule has 0 radical (unpaired) electrons. The molecule has 0 spiro atoms. The number of rotatable bonds is 11. The van der Waals surface area contributed by atoms with Crippen LogP contribution in [0.15, 0.2) is 36.7 Å². The zero-order chi connectivity index (χ0) is 28.9. The molecular weight excluding hydrogens is 515 g/mol. The SMILES string of the molecule is C[C@@H](C(=O)NCCCC#Cc1cnc(Nc2ccc(F)nc2)nc1N1CCOCC1)N(C)C(=O)/C=C/CN(C)C. The number of unbranched alkanes of at least 4 members (excludes halogenated alkanes) is 1. The van der Waals surface area contributed by atoms with Gasteiger partial charge in [-0.05, 0) is 39.6 Å². The summed E-state index contributed by atoms with van der Waals surface area (Å²) in [5, 5.41) is 5.91. The molecule has 0 saturated carbocycles. The molecule has 1 aliphatic rings. The molecule has 0 unspecified atom stereocenters. The maximum absolute atomic E-state index is 13.1. The third kappa shape index (κ3) is 9.59. The number of likely N-dealkylation sites (N-methyl/N-ethyl adjacent to an activating group) is 2. The third-order valence-electron chi connectivity index (χ3n) is 6.10. The summed E-state index contributed by atoms with van der Waals surface area (Å²) in [7, 11) is 5.45. The van der Waals surface area contributed by atoms with E-state index in [9.17, 15) is 14.0 Å². The first-order valence-corrected chi connectivity index (χ1v) is 13.2. The number of nitrogens with zero attached hydrogens (tertiary/aromatic N) is 6. The summed E-state index contributed by atoms with van der Waals surface area (Å²) in [6, 6.07) is 2.23. The van der Waals surface area contributed by atoms with Gasteiger partial charge in [0.05, 0.1) is 36.9 Å². The van der Waals surface area contributed by atoms with Crippen LogP contribution in [0.1, 0.15) is 25.3 Å². The van der Waals surface area contributed by atoms with Crippen molar-refractivity contribution in [1.82, 2.24) is 30.1 Å².